The van der Waals surface area contributed by atoms with E-state index in [1.54, 1.807) is 0 Å². The van der Waals surface area contributed by atoms with Gasteiger partial charge in [-0.15, -0.1) is 11.3 Å². The molecule has 0 spiro atoms. The van der Waals surface area contributed by atoms with E-state index in [1.807, 2.05) is 11.3 Å². The van der Waals surface area contributed by atoms with Crippen LogP contribution < -0.4 is 25.5 Å². The largest absolute Gasteiger partial charge is 0.311 e. The second-order valence-corrected chi connectivity index (χ2v) is 24.9. The third-order valence-electron chi connectivity index (χ3n) is 13.8. The Morgan fingerprint density at radius 2 is 0.938 bits per heavy atom. The number of anilines is 6. The van der Waals surface area contributed by atoms with E-state index in [2.05, 4.69) is 240 Å². The molecule has 8 aromatic rings. The van der Waals surface area contributed by atoms with Crippen molar-refractivity contribution in [2.45, 2.75) is 131 Å². The zero-order valence-electron chi connectivity index (χ0n) is 41.3. The lowest BCUT2D eigenvalue weighted by molar-refractivity contribution is 0.568. The first-order chi connectivity index (χ1) is 30.4. The zero-order chi connectivity index (χ0) is 46.3. The van der Waals surface area contributed by atoms with Crippen molar-refractivity contribution in [2.75, 3.05) is 9.80 Å². The molecule has 0 bridgehead atoms. The third-order valence-corrected chi connectivity index (χ3v) is 15.4. The second-order valence-electron chi connectivity index (χ2n) is 23.9. The van der Waals surface area contributed by atoms with Crippen molar-refractivity contribution in [2.24, 2.45) is 0 Å². The van der Waals surface area contributed by atoms with Gasteiger partial charge in [0.05, 0.1) is 21.7 Å². The summed E-state index contributed by atoms with van der Waals surface area (Å²) in [6.45, 7) is 34.9. The van der Waals surface area contributed by atoms with Gasteiger partial charge in [-0.05, 0) is 109 Å². The molecule has 0 atom stereocenters. The summed E-state index contributed by atoms with van der Waals surface area (Å²) in [5.74, 6) is 1.05. The van der Waals surface area contributed by atoms with Crippen LogP contribution >= 0.6 is 11.3 Å². The molecule has 4 nitrogen and oxygen atoms in total. The van der Waals surface area contributed by atoms with Crippen LogP contribution in [0.15, 0.2) is 121 Å². The van der Waals surface area contributed by atoms with Gasteiger partial charge in [-0.2, -0.15) is 0 Å². The first-order valence-corrected chi connectivity index (χ1v) is 24.4. The minimum Gasteiger partial charge on any atom is -0.311 e. The molecule has 0 unspecified atom stereocenters. The zero-order valence-corrected chi connectivity index (χ0v) is 42.1. The lowest BCUT2D eigenvalue weighted by atomic mass is 9.36. The second kappa shape index (κ2) is 14.5. The average Bonchev–Trinajstić information content (AvgIpc) is 3.83. The van der Waals surface area contributed by atoms with Gasteiger partial charge in [-0.1, -0.05) is 171 Å². The quantitative estimate of drug-likeness (QED) is 0.165. The standard InChI is InChI=1S/C59H65BN4S/c1-55(2,3)36-24-27-40(28-25-36)62-48-29-26-37(56(4,5)6)33-45(48)60-51-49(62)34-42(63-46-22-18-16-20-43(46)44-21-17-19-23-47(44)63)35-50(51)64(53-52(60)65-54(61-53)59(13,14)15)41-31-38(57(7,8)9)30-39(32-41)58(10,11)12/h16-35H,1-15H3. The minimum atomic E-state index is -0.147. The summed E-state index contributed by atoms with van der Waals surface area (Å²) in [4.78, 5) is 10.9. The van der Waals surface area contributed by atoms with Crippen LogP contribution in [0.25, 0.3) is 27.5 Å². The fourth-order valence-corrected chi connectivity index (χ4v) is 11.2. The van der Waals surface area contributed by atoms with E-state index >= 15 is 0 Å². The molecule has 6 heteroatoms. The number of para-hydroxylation sites is 2. The molecule has 65 heavy (non-hydrogen) atoms. The Bertz CT molecular complexity index is 3100. The lowest BCUT2D eigenvalue weighted by Gasteiger charge is -2.43. The van der Waals surface area contributed by atoms with Crippen LogP contribution in [0.3, 0.4) is 0 Å². The van der Waals surface area contributed by atoms with E-state index in [0.29, 0.717) is 0 Å². The number of benzene rings is 6. The van der Waals surface area contributed by atoms with Crippen molar-refractivity contribution < 1.29 is 0 Å². The number of nitrogens with zero attached hydrogens (tertiary/aromatic N) is 4. The molecule has 2 aliphatic rings. The molecule has 2 aliphatic heterocycles. The van der Waals surface area contributed by atoms with Crippen LogP contribution in [0.5, 0.6) is 0 Å². The Balaban J connectivity index is 1.39. The molecule has 330 valence electrons. The van der Waals surface area contributed by atoms with E-state index in [1.165, 1.54) is 76.8 Å². The Morgan fingerprint density at radius 1 is 0.431 bits per heavy atom. The van der Waals surface area contributed by atoms with Crippen LogP contribution in [-0.4, -0.2) is 16.3 Å². The summed E-state index contributed by atoms with van der Waals surface area (Å²) >= 11 is 1.91. The van der Waals surface area contributed by atoms with Gasteiger partial charge in [0, 0.05) is 49.4 Å². The van der Waals surface area contributed by atoms with Gasteiger partial charge in [-0.25, -0.2) is 4.98 Å². The van der Waals surface area contributed by atoms with Crippen LogP contribution in [0.1, 0.15) is 131 Å². The Morgan fingerprint density at radius 3 is 1.46 bits per heavy atom. The maximum atomic E-state index is 5.78. The molecule has 10 rings (SSSR count). The molecule has 4 heterocycles. The maximum absolute atomic E-state index is 5.78. The predicted octanol–water partition coefficient (Wildman–Crippen LogP) is 14.8. The van der Waals surface area contributed by atoms with E-state index in [-0.39, 0.29) is 33.8 Å². The Hall–Kier alpha value is -5.59. The van der Waals surface area contributed by atoms with Crippen molar-refractivity contribution in [1.29, 1.82) is 0 Å². The predicted molar refractivity (Wildman–Crippen MR) is 284 cm³/mol. The van der Waals surface area contributed by atoms with Gasteiger partial charge in [0.25, 0.3) is 6.71 Å². The lowest BCUT2D eigenvalue weighted by Crippen LogP contribution is -2.60. The number of hydrogen-bond acceptors (Lipinski definition) is 4. The molecular weight excluding hydrogens is 808 g/mol. The van der Waals surface area contributed by atoms with E-state index in [0.717, 1.165) is 27.9 Å². The highest BCUT2D eigenvalue weighted by molar-refractivity contribution is 7.28. The fraction of sp³-hybridized carbons (Fsp3) is 0.339. The van der Waals surface area contributed by atoms with Gasteiger partial charge >= 0.3 is 0 Å². The molecule has 0 radical (unpaired) electrons. The summed E-state index contributed by atoms with van der Waals surface area (Å²) in [5, 5.41) is 3.66. The van der Waals surface area contributed by atoms with E-state index < -0.39 is 0 Å². The fourth-order valence-electron chi connectivity index (χ4n) is 9.98. The SMILES string of the molecule is CC(C)(C)c1ccc(N2c3ccc(C(C)(C)C)cc3B3c4sc(C(C)(C)C)nc4N(c4cc(C(C)(C)C)cc(C(C)(C)C)c4)c4cc(-n5c6ccccc6c6ccccc65)cc2c43)cc1. The molecule has 2 aromatic heterocycles. The molecule has 0 saturated carbocycles. The summed E-state index contributed by atoms with van der Waals surface area (Å²) < 4.78 is 3.80. The summed E-state index contributed by atoms with van der Waals surface area (Å²) in [6, 6.07) is 46.8. The number of rotatable bonds is 3. The normalized spacial score (nSPS) is 14.3. The molecule has 6 aromatic carbocycles. The third kappa shape index (κ3) is 7.14. The molecule has 0 saturated heterocycles. The van der Waals surface area contributed by atoms with Gasteiger partial charge in [0.2, 0.25) is 0 Å². The van der Waals surface area contributed by atoms with Gasteiger partial charge in [0.15, 0.2) is 0 Å². The monoisotopic (exact) mass is 873 g/mol. The Kier molecular flexibility index (Phi) is 9.63. The molecule has 0 amide bonds. The highest BCUT2D eigenvalue weighted by Crippen LogP contribution is 2.49. The topological polar surface area (TPSA) is 24.3 Å². The van der Waals surface area contributed by atoms with Crippen LogP contribution in [0, 0.1) is 0 Å². The number of thiazole rings is 1. The number of fused-ring (bicyclic) bond motifs is 7. The smallest absolute Gasteiger partial charge is 0.266 e. The van der Waals surface area contributed by atoms with Crippen LogP contribution in [0.2, 0.25) is 0 Å². The maximum Gasteiger partial charge on any atom is 0.266 e. The average molecular weight is 873 g/mol. The van der Waals surface area contributed by atoms with Crippen molar-refractivity contribution in [3.63, 3.8) is 0 Å². The van der Waals surface area contributed by atoms with Crippen molar-refractivity contribution >= 4 is 89.8 Å². The highest BCUT2D eigenvalue weighted by Gasteiger charge is 2.47. The summed E-state index contributed by atoms with van der Waals surface area (Å²) in [6.07, 6.45) is 0. The van der Waals surface area contributed by atoms with Crippen molar-refractivity contribution in [1.82, 2.24) is 9.55 Å². The van der Waals surface area contributed by atoms with Gasteiger partial charge in [-0.3, -0.25) is 4.90 Å². The van der Waals surface area contributed by atoms with E-state index in [9.17, 15) is 0 Å². The first-order valence-electron chi connectivity index (χ1n) is 23.6. The molecular formula is C59H65BN4S. The summed E-state index contributed by atoms with van der Waals surface area (Å²) in [7, 11) is 0. The Labute approximate surface area is 392 Å². The molecule has 0 N–H and O–H groups in total. The molecule has 0 fully saturated rings. The highest BCUT2D eigenvalue weighted by atomic mass is 32.1. The first kappa shape index (κ1) is 43.3. The van der Waals surface area contributed by atoms with Gasteiger partial charge < -0.3 is 9.47 Å². The minimum absolute atomic E-state index is 0.0256. The van der Waals surface area contributed by atoms with Crippen molar-refractivity contribution in [3.8, 4) is 5.69 Å². The van der Waals surface area contributed by atoms with Gasteiger partial charge in [0.1, 0.15) is 5.82 Å². The van der Waals surface area contributed by atoms with Crippen molar-refractivity contribution in [3.05, 3.63) is 149 Å². The number of hydrogen-bond donors (Lipinski definition) is 0. The van der Waals surface area contributed by atoms with Crippen LogP contribution in [-0.2, 0) is 27.1 Å². The summed E-state index contributed by atoms with van der Waals surface area (Å²) in [5.41, 5.74) is 17.1. The van der Waals surface area contributed by atoms with E-state index in [4.69, 9.17) is 4.98 Å². The molecule has 0 aliphatic carbocycles. The van der Waals surface area contributed by atoms with Crippen LogP contribution in [0.4, 0.5) is 34.3 Å². The number of aromatic nitrogens is 2.